The Balaban J connectivity index is 1.98. The number of nitrogens with one attached hydrogen (secondary N) is 1. The number of rotatable bonds is 8. The molecule has 0 aromatic heterocycles. The highest BCUT2D eigenvalue weighted by atomic mass is 16.5. The summed E-state index contributed by atoms with van der Waals surface area (Å²) >= 11 is 0. The third kappa shape index (κ3) is 7.02. The Bertz CT molecular complexity index is 195. The van der Waals surface area contributed by atoms with Gasteiger partial charge in [0.15, 0.2) is 0 Å². The van der Waals surface area contributed by atoms with Gasteiger partial charge in [-0.3, -0.25) is 4.90 Å². The van der Waals surface area contributed by atoms with E-state index in [1.54, 1.807) is 0 Å². The van der Waals surface area contributed by atoms with Crippen molar-refractivity contribution >= 4 is 0 Å². The van der Waals surface area contributed by atoms with Gasteiger partial charge in [-0.2, -0.15) is 0 Å². The van der Waals surface area contributed by atoms with Gasteiger partial charge in [0.1, 0.15) is 0 Å². The summed E-state index contributed by atoms with van der Waals surface area (Å²) in [4.78, 5) is 2.51. The molecule has 3 heteroatoms. The third-order valence-corrected chi connectivity index (χ3v) is 3.23. The maximum Gasteiger partial charge on any atom is 0.0593 e. The highest BCUT2D eigenvalue weighted by molar-refractivity contribution is 4.81. The van der Waals surface area contributed by atoms with Gasteiger partial charge >= 0.3 is 0 Å². The zero-order valence-corrected chi connectivity index (χ0v) is 12.0. The van der Waals surface area contributed by atoms with Gasteiger partial charge in [0, 0.05) is 31.8 Å². The number of hydrogen-bond donors (Lipinski definition) is 1. The van der Waals surface area contributed by atoms with Crippen molar-refractivity contribution in [3.8, 4) is 0 Å². The van der Waals surface area contributed by atoms with Crippen molar-refractivity contribution in [2.24, 2.45) is 5.92 Å². The van der Waals surface area contributed by atoms with Crippen molar-refractivity contribution in [2.45, 2.75) is 52.6 Å². The van der Waals surface area contributed by atoms with E-state index in [2.05, 4.69) is 37.9 Å². The van der Waals surface area contributed by atoms with Crippen molar-refractivity contribution in [3.63, 3.8) is 0 Å². The molecule has 0 aliphatic carbocycles. The first-order valence-corrected chi connectivity index (χ1v) is 7.14. The molecule has 0 saturated carbocycles. The Hall–Kier alpha value is -0.120. The van der Waals surface area contributed by atoms with Gasteiger partial charge < -0.3 is 10.1 Å². The summed E-state index contributed by atoms with van der Waals surface area (Å²) in [5.41, 5.74) is 0. The number of nitrogens with zero attached hydrogens (tertiary/aromatic N) is 1. The average Bonchev–Trinajstić information content (AvgIpc) is 2.63. The summed E-state index contributed by atoms with van der Waals surface area (Å²) in [6.07, 6.45) is 2.46. The highest BCUT2D eigenvalue weighted by Gasteiger charge is 2.21. The SMILES string of the molecule is CC(C)CCOCCN1CCC(NC(C)C)C1. The van der Waals surface area contributed by atoms with Gasteiger partial charge in [-0.05, 0) is 25.3 Å². The molecule has 0 bridgehead atoms. The summed E-state index contributed by atoms with van der Waals surface area (Å²) in [5.74, 6) is 0.751. The smallest absolute Gasteiger partial charge is 0.0593 e. The van der Waals surface area contributed by atoms with E-state index in [0.717, 1.165) is 25.7 Å². The van der Waals surface area contributed by atoms with Crippen LogP contribution in [-0.4, -0.2) is 49.8 Å². The van der Waals surface area contributed by atoms with Crippen LogP contribution >= 0.6 is 0 Å². The molecule has 1 aliphatic heterocycles. The number of hydrogen-bond acceptors (Lipinski definition) is 3. The van der Waals surface area contributed by atoms with Gasteiger partial charge in [0.05, 0.1) is 6.61 Å². The van der Waals surface area contributed by atoms with E-state index in [4.69, 9.17) is 4.74 Å². The summed E-state index contributed by atoms with van der Waals surface area (Å²) in [6.45, 7) is 14.2. The second-order valence-electron chi connectivity index (χ2n) is 5.90. The van der Waals surface area contributed by atoms with Crippen LogP contribution in [0.1, 0.15) is 40.5 Å². The fourth-order valence-electron chi connectivity index (χ4n) is 2.26. The highest BCUT2D eigenvalue weighted by Crippen LogP contribution is 2.09. The van der Waals surface area contributed by atoms with Gasteiger partial charge in [0.2, 0.25) is 0 Å². The molecule has 1 aliphatic rings. The van der Waals surface area contributed by atoms with Crippen LogP contribution in [-0.2, 0) is 4.74 Å². The van der Waals surface area contributed by atoms with Crippen LogP contribution in [0.2, 0.25) is 0 Å². The summed E-state index contributed by atoms with van der Waals surface area (Å²) < 4.78 is 5.66. The molecule has 1 saturated heterocycles. The van der Waals surface area contributed by atoms with Gasteiger partial charge in [-0.25, -0.2) is 0 Å². The summed E-state index contributed by atoms with van der Waals surface area (Å²) in [5, 5.41) is 3.61. The molecule has 3 nitrogen and oxygen atoms in total. The zero-order valence-electron chi connectivity index (χ0n) is 12.0. The largest absolute Gasteiger partial charge is 0.380 e. The van der Waals surface area contributed by atoms with Crippen LogP contribution in [0.4, 0.5) is 0 Å². The molecular formula is C14H30N2O. The summed E-state index contributed by atoms with van der Waals surface area (Å²) in [6, 6.07) is 1.29. The first kappa shape index (κ1) is 14.9. The van der Waals surface area contributed by atoms with Gasteiger partial charge in [-0.15, -0.1) is 0 Å². The van der Waals surface area contributed by atoms with Crippen LogP contribution in [0.15, 0.2) is 0 Å². The van der Waals surface area contributed by atoms with Crippen LogP contribution in [0.5, 0.6) is 0 Å². The van der Waals surface area contributed by atoms with Crippen molar-refractivity contribution in [3.05, 3.63) is 0 Å². The van der Waals surface area contributed by atoms with E-state index in [-0.39, 0.29) is 0 Å². The average molecular weight is 242 g/mol. The maximum atomic E-state index is 5.66. The van der Waals surface area contributed by atoms with E-state index >= 15 is 0 Å². The molecule has 1 N–H and O–H groups in total. The fraction of sp³-hybridized carbons (Fsp3) is 1.00. The number of likely N-dealkylation sites (tertiary alicyclic amines) is 1. The molecule has 0 aromatic carbocycles. The molecule has 17 heavy (non-hydrogen) atoms. The normalized spacial score (nSPS) is 21.9. The fourth-order valence-corrected chi connectivity index (χ4v) is 2.26. The number of ether oxygens (including phenoxy) is 1. The summed E-state index contributed by atoms with van der Waals surface area (Å²) in [7, 11) is 0. The Morgan fingerprint density at radius 2 is 2.00 bits per heavy atom. The van der Waals surface area contributed by atoms with E-state index in [9.17, 15) is 0 Å². The minimum absolute atomic E-state index is 0.599. The van der Waals surface area contributed by atoms with E-state index in [1.165, 1.54) is 25.9 Å². The molecule has 1 heterocycles. The molecule has 1 atom stereocenters. The second-order valence-corrected chi connectivity index (χ2v) is 5.90. The first-order valence-electron chi connectivity index (χ1n) is 7.14. The second kappa shape index (κ2) is 8.06. The first-order chi connectivity index (χ1) is 8.08. The predicted molar refractivity (Wildman–Crippen MR) is 73.4 cm³/mol. The van der Waals surface area contributed by atoms with E-state index in [1.807, 2.05) is 0 Å². The Kier molecular flexibility index (Phi) is 7.09. The molecule has 0 aromatic rings. The molecule has 1 unspecified atom stereocenters. The lowest BCUT2D eigenvalue weighted by atomic mass is 10.1. The zero-order chi connectivity index (χ0) is 12.7. The Labute approximate surface area is 107 Å². The van der Waals surface area contributed by atoms with Crippen LogP contribution in [0.25, 0.3) is 0 Å². The van der Waals surface area contributed by atoms with E-state index in [0.29, 0.717) is 12.1 Å². The third-order valence-electron chi connectivity index (χ3n) is 3.23. The quantitative estimate of drug-likeness (QED) is 0.660. The Morgan fingerprint density at radius 1 is 1.24 bits per heavy atom. The molecule has 102 valence electrons. The van der Waals surface area contributed by atoms with Crippen molar-refractivity contribution in [1.82, 2.24) is 10.2 Å². The van der Waals surface area contributed by atoms with Crippen molar-refractivity contribution in [1.29, 1.82) is 0 Å². The molecular weight excluding hydrogens is 212 g/mol. The molecule has 0 spiro atoms. The van der Waals surface area contributed by atoms with Gasteiger partial charge in [-0.1, -0.05) is 27.7 Å². The lowest BCUT2D eigenvalue weighted by Gasteiger charge is -2.18. The standard InChI is InChI=1S/C14H30N2O/c1-12(2)6-9-17-10-8-16-7-5-14(11-16)15-13(3)4/h12-15H,5-11H2,1-4H3. The lowest BCUT2D eigenvalue weighted by Crippen LogP contribution is -2.37. The van der Waals surface area contributed by atoms with Crippen LogP contribution in [0.3, 0.4) is 0 Å². The minimum atomic E-state index is 0.599. The van der Waals surface area contributed by atoms with E-state index < -0.39 is 0 Å². The predicted octanol–water partition coefficient (Wildman–Crippen LogP) is 2.12. The van der Waals surface area contributed by atoms with Crippen LogP contribution in [0, 0.1) is 5.92 Å². The minimum Gasteiger partial charge on any atom is -0.380 e. The maximum absolute atomic E-state index is 5.66. The van der Waals surface area contributed by atoms with Gasteiger partial charge in [0.25, 0.3) is 0 Å². The molecule has 0 radical (unpaired) electrons. The molecule has 0 amide bonds. The molecule has 1 fully saturated rings. The lowest BCUT2D eigenvalue weighted by molar-refractivity contribution is 0.102. The van der Waals surface area contributed by atoms with Crippen LogP contribution < -0.4 is 5.32 Å². The van der Waals surface area contributed by atoms with Crippen molar-refractivity contribution in [2.75, 3.05) is 32.8 Å². The molecule has 1 rings (SSSR count). The topological polar surface area (TPSA) is 24.5 Å². The van der Waals surface area contributed by atoms with Crippen molar-refractivity contribution < 1.29 is 4.74 Å². The Morgan fingerprint density at radius 3 is 2.65 bits per heavy atom. The monoisotopic (exact) mass is 242 g/mol.